The molecule has 0 saturated heterocycles. The molecule has 2 atom stereocenters. The molecule has 3 aromatic rings. The number of aromatic nitrogens is 4. The third-order valence-electron chi connectivity index (χ3n) is 4.47. The van der Waals surface area contributed by atoms with Crippen molar-refractivity contribution in [3.05, 3.63) is 65.0 Å². The van der Waals surface area contributed by atoms with Crippen LogP contribution in [-0.4, -0.2) is 31.4 Å². The number of hydrogen-bond donors (Lipinski definition) is 1. The van der Waals surface area contributed by atoms with Crippen molar-refractivity contribution in [2.24, 2.45) is 0 Å². The Kier molecular flexibility index (Phi) is 6.08. The lowest BCUT2D eigenvalue weighted by atomic mass is 10.1. The summed E-state index contributed by atoms with van der Waals surface area (Å²) in [4.78, 5) is 12.6. The maximum Gasteiger partial charge on any atom is 0.233 e. The molecule has 0 fully saturated rings. The zero-order chi connectivity index (χ0) is 20.3. The van der Waals surface area contributed by atoms with Crippen LogP contribution in [0.5, 0.6) is 0 Å². The van der Waals surface area contributed by atoms with E-state index in [4.69, 9.17) is 0 Å². The smallest absolute Gasteiger partial charge is 0.233 e. The van der Waals surface area contributed by atoms with Gasteiger partial charge in [-0.25, -0.2) is 4.39 Å². The highest BCUT2D eigenvalue weighted by Crippen LogP contribution is 2.26. The van der Waals surface area contributed by atoms with Crippen molar-refractivity contribution in [1.82, 2.24) is 25.5 Å². The first-order chi connectivity index (χ1) is 13.4. The highest BCUT2D eigenvalue weighted by molar-refractivity contribution is 8.00. The summed E-state index contributed by atoms with van der Waals surface area (Å²) in [5.41, 5.74) is 3.86. The summed E-state index contributed by atoms with van der Waals surface area (Å²) >= 11 is 1.29. The molecule has 28 heavy (non-hydrogen) atoms. The fraction of sp³-hybridized carbons (Fsp3) is 0.300. The van der Waals surface area contributed by atoms with Crippen LogP contribution in [0.2, 0.25) is 0 Å². The van der Waals surface area contributed by atoms with Crippen molar-refractivity contribution in [3.8, 4) is 5.69 Å². The number of nitrogens with zero attached hydrogens (tertiary/aromatic N) is 4. The lowest BCUT2D eigenvalue weighted by Crippen LogP contribution is -2.33. The number of halogens is 1. The molecule has 0 aliphatic carbocycles. The van der Waals surface area contributed by atoms with E-state index >= 15 is 0 Å². The first-order valence-electron chi connectivity index (χ1n) is 8.94. The summed E-state index contributed by atoms with van der Waals surface area (Å²) in [6.07, 6.45) is 0. The molecule has 1 aromatic heterocycles. The Morgan fingerprint density at radius 3 is 2.39 bits per heavy atom. The van der Waals surface area contributed by atoms with Crippen LogP contribution in [0.4, 0.5) is 4.39 Å². The summed E-state index contributed by atoms with van der Waals surface area (Å²) in [6.45, 7) is 7.67. The van der Waals surface area contributed by atoms with Crippen molar-refractivity contribution in [1.29, 1.82) is 0 Å². The molecule has 8 heteroatoms. The highest BCUT2D eigenvalue weighted by atomic mass is 32.2. The molecule has 0 saturated carbocycles. The lowest BCUT2D eigenvalue weighted by Gasteiger charge is -2.18. The van der Waals surface area contributed by atoms with E-state index in [9.17, 15) is 9.18 Å². The van der Waals surface area contributed by atoms with Crippen LogP contribution in [-0.2, 0) is 4.79 Å². The highest BCUT2D eigenvalue weighted by Gasteiger charge is 2.22. The molecule has 2 unspecified atom stereocenters. The molecular weight excluding hydrogens is 377 g/mol. The number of hydrogen-bond acceptors (Lipinski definition) is 5. The van der Waals surface area contributed by atoms with Crippen molar-refractivity contribution in [2.75, 3.05) is 0 Å². The molecule has 3 rings (SSSR count). The second kappa shape index (κ2) is 8.52. The normalized spacial score (nSPS) is 13.2. The van der Waals surface area contributed by atoms with Crippen molar-refractivity contribution in [3.63, 3.8) is 0 Å². The predicted octanol–water partition coefficient (Wildman–Crippen LogP) is 3.78. The van der Waals surface area contributed by atoms with E-state index in [-0.39, 0.29) is 17.8 Å². The van der Waals surface area contributed by atoms with Crippen LogP contribution in [0.15, 0.2) is 47.6 Å². The average Bonchev–Trinajstić information content (AvgIpc) is 3.09. The summed E-state index contributed by atoms with van der Waals surface area (Å²) in [7, 11) is 0. The van der Waals surface area contributed by atoms with Crippen molar-refractivity contribution in [2.45, 2.75) is 44.1 Å². The molecule has 0 bridgehead atoms. The summed E-state index contributed by atoms with van der Waals surface area (Å²) in [5.74, 6) is -0.442. The van der Waals surface area contributed by atoms with Crippen molar-refractivity contribution >= 4 is 17.7 Å². The van der Waals surface area contributed by atoms with Gasteiger partial charge in [0.1, 0.15) is 5.82 Å². The molecule has 1 heterocycles. The van der Waals surface area contributed by atoms with Gasteiger partial charge in [0, 0.05) is 0 Å². The van der Waals surface area contributed by atoms with Crippen LogP contribution in [0.3, 0.4) is 0 Å². The molecule has 0 aliphatic rings. The fourth-order valence-electron chi connectivity index (χ4n) is 2.91. The molecular formula is C20H22FN5OS. The quantitative estimate of drug-likeness (QED) is 0.639. The third kappa shape index (κ3) is 4.39. The van der Waals surface area contributed by atoms with E-state index in [1.54, 1.807) is 23.7 Å². The van der Waals surface area contributed by atoms with Gasteiger partial charge in [-0.15, -0.1) is 5.10 Å². The number of thioether (sulfide) groups is 1. The van der Waals surface area contributed by atoms with Gasteiger partial charge in [-0.3, -0.25) is 4.79 Å². The Labute approximate surface area is 167 Å². The summed E-state index contributed by atoms with van der Waals surface area (Å²) in [6, 6.07) is 11.9. The number of tetrazole rings is 1. The molecule has 2 aromatic carbocycles. The van der Waals surface area contributed by atoms with Gasteiger partial charge in [-0.1, -0.05) is 42.1 Å². The van der Waals surface area contributed by atoms with E-state index in [0.717, 1.165) is 22.4 Å². The van der Waals surface area contributed by atoms with E-state index in [2.05, 4.69) is 20.8 Å². The minimum Gasteiger partial charge on any atom is -0.349 e. The maximum atomic E-state index is 13.1. The Morgan fingerprint density at radius 2 is 1.75 bits per heavy atom. The number of rotatable bonds is 6. The van der Waals surface area contributed by atoms with Crippen LogP contribution in [0.1, 0.15) is 36.6 Å². The van der Waals surface area contributed by atoms with E-state index in [1.165, 1.54) is 23.9 Å². The molecule has 0 radical (unpaired) electrons. The maximum absolute atomic E-state index is 13.1. The molecule has 1 N–H and O–H groups in total. The van der Waals surface area contributed by atoms with Gasteiger partial charge in [0.15, 0.2) is 0 Å². The van der Waals surface area contributed by atoms with E-state index in [0.29, 0.717) is 5.16 Å². The lowest BCUT2D eigenvalue weighted by molar-refractivity contribution is -0.120. The van der Waals surface area contributed by atoms with Crippen molar-refractivity contribution < 1.29 is 9.18 Å². The summed E-state index contributed by atoms with van der Waals surface area (Å²) in [5, 5.41) is 15.1. The van der Waals surface area contributed by atoms with Gasteiger partial charge in [0.2, 0.25) is 11.1 Å². The Balaban J connectivity index is 1.72. The number of aryl methyl sites for hydroxylation is 2. The SMILES string of the molecule is Cc1cccc(C)c1-n1nnnc1SC(C)C(=O)NC(C)c1ccc(F)cc1. The Hall–Kier alpha value is -2.74. The van der Waals surface area contributed by atoms with Crippen LogP contribution >= 0.6 is 11.8 Å². The number of carbonyl (C=O) groups is 1. The minimum atomic E-state index is -0.406. The zero-order valence-electron chi connectivity index (χ0n) is 16.2. The van der Waals surface area contributed by atoms with Gasteiger partial charge in [-0.2, -0.15) is 4.68 Å². The van der Waals surface area contributed by atoms with Gasteiger partial charge in [0.05, 0.1) is 17.0 Å². The number of benzene rings is 2. The van der Waals surface area contributed by atoms with Gasteiger partial charge >= 0.3 is 0 Å². The zero-order valence-corrected chi connectivity index (χ0v) is 17.0. The van der Waals surface area contributed by atoms with Gasteiger partial charge in [-0.05, 0) is 66.9 Å². The van der Waals surface area contributed by atoms with E-state index < -0.39 is 5.25 Å². The molecule has 0 spiro atoms. The van der Waals surface area contributed by atoms with Crippen LogP contribution in [0.25, 0.3) is 5.69 Å². The number of para-hydroxylation sites is 1. The Morgan fingerprint density at radius 1 is 1.11 bits per heavy atom. The van der Waals surface area contributed by atoms with Crippen LogP contribution in [0, 0.1) is 19.7 Å². The van der Waals surface area contributed by atoms with Gasteiger partial charge in [0.25, 0.3) is 0 Å². The average molecular weight is 399 g/mol. The molecule has 146 valence electrons. The standard InChI is InChI=1S/C20H22FN5OS/c1-12-6-5-7-13(2)18(12)26-20(23-24-25-26)28-15(4)19(27)22-14(3)16-8-10-17(21)11-9-16/h5-11,14-15H,1-4H3,(H,22,27). The number of carbonyl (C=O) groups excluding carboxylic acids is 1. The topological polar surface area (TPSA) is 72.7 Å². The fourth-order valence-corrected chi connectivity index (χ4v) is 3.71. The molecule has 0 aliphatic heterocycles. The largest absolute Gasteiger partial charge is 0.349 e. The van der Waals surface area contributed by atoms with Crippen LogP contribution < -0.4 is 5.32 Å². The van der Waals surface area contributed by atoms with E-state index in [1.807, 2.05) is 39.0 Å². The monoisotopic (exact) mass is 399 g/mol. The number of amides is 1. The second-order valence-electron chi connectivity index (χ2n) is 6.66. The summed E-state index contributed by atoms with van der Waals surface area (Å²) < 4.78 is 14.7. The first-order valence-corrected chi connectivity index (χ1v) is 9.82. The first kappa shape index (κ1) is 20.0. The predicted molar refractivity (Wildman–Crippen MR) is 107 cm³/mol. The third-order valence-corrected chi connectivity index (χ3v) is 5.51. The molecule has 1 amide bonds. The van der Waals surface area contributed by atoms with Gasteiger partial charge < -0.3 is 5.32 Å². The molecule has 6 nitrogen and oxygen atoms in total. The minimum absolute atomic E-state index is 0.141. The number of nitrogens with one attached hydrogen (secondary N) is 1. The second-order valence-corrected chi connectivity index (χ2v) is 7.96. The Bertz CT molecular complexity index is 953.